The number of piperidine rings is 1. The summed E-state index contributed by atoms with van der Waals surface area (Å²) in [6, 6.07) is 15.4. The molecule has 2 atom stereocenters. The quantitative estimate of drug-likeness (QED) is 0.914. The molecule has 23 heavy (non-hydrogen) atoms. The molecule has 0 spiro atoms. The van der Waals surface area contributed by atoms with Gasteiger partial charge in [0.05, 0.1) is 0 Å². The van der Waals surface area contributed by atoms with Crippen LogP contribution in [0.25, 0.3) is 0 Å². The maximum absolute atomic E-state index is 3.62. The van der Waals surface area contributed by atoms with E-state index in [1.807, 2.05) is 0 Å². The van der Waals surface area contributed by atoms with Crippen LogP contribution >= 0.6 is 0 Å². The highest BCUT2D eigenvalue weighted by atomic mass is 15.1. The van der Waals surface area contributed by atoms with E-state index >= 15 is 0 Å². The normalized spacial score (nSPS) is 23.4. The fraction of sp³-hybridized carbons (Fsp3) is 0.429. The van der Waals surface area contributed by atoms with Crippen molar-refractivity contribution in [2.75, 3.05) is 25.5 Å². The minimum Gasteiger partial charge on any atom is -0.381 e. The first-order valence-electron chi connectivity index (χ1n) is 8.80. The van der Waals surface area contributed by atoms with E-state index in [4.69, 9.17) is 0 Å². The van der Waals surface area contributed by atoms with E-state index in [-0.39, 0.29) is 0 Å². The van der Waals surface area contributed by atoms with E-state index in [9.17, 15) is 0 Å². The minimum absolute atomic E-state index is 0.737. The Morgan fingerprint density at radius 1 is 1.17 bits per heavy atom. The monoisotopic (exact) mass is 306 g/mol. The van der Waals surface area contributed by atoms with E-state index in [2.05, 4.69) is 66.7 Å². The molecule has 120 valence electrons. The Morgan fingerprint density at radius 2 is 2.00 bits per heavy atom. The number of nitrogens with one attached hydrogen (secondary N) is 1. The predicted octanol–water partition coefficient (Wildman–Crippen LogP) is 4.20. The van der Waals surface area contributed by atoms with Gasteiger partial charge in [0, 0.05) is 24.7 Å². The SMILES string of the molecule is Cc1cc(NCc2ccccc2)cc2c1C[C@H]1CCN(C)C[C@@H]21. The molecule has 0 amide bonds. The molecule has 1 fully saturated rings. The first kappa shape index (κ1) is 14.8. The van der Waals surface area contributed by atoms with E-state index < -0.39 is 0 Å². The average molecular weight is 306 g/mol. The third kappa shape index (κ3) is 2.88. The summed E-state index contributed by atoms with van der Waals surface area (Å²) in [6.45, 7) is 5.66. The van der Waals surface area contributed by atoms with Gasteiger partial charge in [0.15, 0.2) is 0 Å². The van der Waals surface area contributed by atoms with Gasteiger partial charge in [-0.2, -0.15) is 0 Å². The van der Waals surface area contributed by atoms with Crippen LogP contribution in [0.3, 0.4) is 0 Å². The lowest BCUT2D eigenvalue weighted by Gasteiger charge is -2.32. The molecule has 0 aromatic heterocycles. The van der Waals surface area contributed by atoms with Gasteiger partial charge >= 0.3 is 0 Å². The number of benzene rings is 2. The highest BCUT2D eigenvalue weighted by molar-refractivity contribution is 5.56. The van der Waals surface area contributed by atoms with Crippen molar-refractivity contribution in [2.45, 2.75) is 32.2 Å². The molecule has 1 aliphatic carbocycles. The van der Waals surface area contributed by atoms with Gasteiger partial charge in [0.1, 0.15) is 0 Å². The summed E-state index contributed by atoms with van der Waals surface area (Å²) in [5.74, 6) is 1.60. The number of anilines is 1. The van der Waals surface area contributed by atoms with Gasteiger partial charge < -0.3 is 10.2 Å². The fourth-order valence-electron chi connectivity index (χ4n) is 4.38. The number of likely N-dealkylation sites (tertiary alicyclic amines) is 1. The topological polar surface area (TPSA) is 15.3 Å². The molecular weight excluding hydrogens is 280 g/mol. The zero-order valence-corrected chi connectivity index (χ0v) is 14.2. The van der Waals surface area contributed by atoms with Gasteiger partial charge in [-0.1, -0.05) is 30.3 Å². The lowest BCUT2D eigenvalue weighted by Crippen LogP contribution is -2.34. The molecule has 0 radical (unpaired) electrons. The molecule has 2 aromatic rings. The van der Waals surface area contributed by atoms with Gasteiger partial charge in [0.25, 0.3) is 0 Å². The Balaban J connectivity index is 1.57. The molecule has 2 aromatic carbocycles. The Hall–Kier alpha value is -1.80. The summed E-state index contributed by atoms with van der Waals surface area (Å²) in [5.41, 5.74) is 7.31. The highest BCUT2D eigenvalue weighted by Gasteiger charge is 2.36. The average Bonchev–Trinajstić information content (AvgIpc) is 2.93. The van der Waals surface area contributed by atoms with E-state index in [0.717, 1.165) is 18.4 Å². The lowest BCUT2D eigenvalue weighted by molar-refractivity contribution is 0.200. The zero-order chi connectivity index (χ0) is 15.8. The number of rotatable bonds is 3. The molecule has 1 aliphatic heterocycles. The Bertz CT molecular complexity index is 692. The van der Waals surface area contributed by atoms with Gasteiger partial charge in [-0.25, -0.2) is 0 Å². The maximum atomic E-state index is 3.62. The molecule has 0 unspecified atom stereocenters. The Kier molecular flexibility index (Phi) is 3.86. The third-order valence-electron chi connectivity index (χ3n) is 5.67. The molecule has 1 saturated heterocycles. The van der Waals surface area contributed by atoms with Crippen LogP contribution in [0, 0.1) is 12.8 Å². The molecule has 4 rings (SSSR count). The summed E-state index contributed by atoms with van der Waals surface area (Å²) in [5, 5.41) is 3.62. The van der Waals surface area contributed by atoms with Gasteiger partial charge in [-0.05, 0) is 73.7 Å². The Labute approximate surface area is 139 Å². The predicted molar refractivity (Wildman–Crippen MR) is 97.0 cm³/mol. The van der Waals surface area contributed by atoms with E-state index in [1.54, 1.807) is 11.1 Å². The number of hydrogen-bond donors (Lipinski definition) is 1. The van der Waals surface area contributed by atoms with Gasteiger partial charge in [-0.15, -0.1) is 0 Å². The molecule has 2 heteroatoms. The van der Waals surface area contributed by atoms with Crippen LogP contribution in [-0.4, -0.2) is 25.0 Å². The van der Waals surface area contributed by atoms with Crippen LogP contribution in [0.2, 0.25) is 0 Å². The van der Waals surface area contributed by atoms with Crippen molar-refractivity contribution in [1.29, 1.82) is 0 Å². The van der Waals surface area contributed by atoms with Crippen molar-refractivity contribution in [3.8, 4) is 0 Å². The second-order valence-corrected chi connectivity index (χ2v) is 7.32. The van der Waals surface area contributed by atoms with Crippen LogP contribution in [0.5, 0.6) is 0 Å². The number of nitrogens with zero attached hydrogens (tertiary/aromatic N) is 1. The summed E-state index contributed by atoms with van der Waals surface area (Å²) in [6.07, 6.45) is 2.64. The van der Waals surface area contributed by atoms with Crippen LogP contribution in [0.1, 0.15) is 34.6 Å². The summed E-state index contributed by atoms with van der Waals surface area (Å²) < 4.78 is 0. The van der Waals surface area contributed by atoms with Gasteiger partial charge in [0.2, 0.25) is 0 Å². The van der Waals surface area contributed by atoms with Crippen LogP contribution in [0.4, 0.5) is 5.69 Å². The third-order valence-corrected chi connectivity index (χ3v) is 5.67. The fourth-order valence-corrected chi connectivity index (χ4v) is 4.38. The number of likely N-dealkylation sites (N-methyl/N-ethyl adjacent to an activating group) is 1. The highest BCUT2D eigenvalue weighted by Crippen LogP contribution is 2.44. The Morgan fingerprint density at radius 3 is 2.83 bits per heavy atom. The molecule has 2 nitrogen and oxygen atoms in total. The first-order chi connectivity index (χ1) is 11.2. The largest absolute Gasteiger partial charge is 0.381 e. The zero-order valence-electron chi connectivity index (χ0n) is 14.2. The van der Waals surface area contributed by atoms with Crippen LogP contribution in [-0.2, 0) is 13.0 Å². The second kappa shape index (κ2) is 6.01. The van der Waals surface area contributed by atoms with Crippen molar-refractivity contribution in [2.24, 2.45) is 5.92 Å². The van der Waals surface area contributed by atoms with E-state index in [0.29, 0.717) is 0 Å². The standard InChI is InChI=1S/C21H26N2/c1-15-10-18(22-13-16-6-4-3-5-7-16)12-20-19(15)11-17-8-9-23(2)14-21(17)20/h3-7,10,12,17,21-22H,8-9,11,13-14H2,1-2H3/t17-,21-/m1/s1. The number of fused-ring (bicyclic) bond motifs is 3. The van der Waals surface area contributed by atoms with Crippen LogP contribution in [0.15, 0.2) is 42.5 Å². The molecule has 1 N–H and O–H groups in total. The van der Waals surface area contributed by atoms with Crippen molar-refractivity contribution < 1.29 is 0 Å². The van der Waals surface area contributed by atoms with Crippen molar-refractivity contribution in [3.63, 3.8) is 0 Å². The summed E-state index contributed by atoms with van der Waals surface area (Å²) in [7, 11) is 2.26. The number of hydrogen-bond acceptors (Lipinski definition) is 2. The summed E-state index contributed by atoms with van der Waals surface area (Å²) in [4.78, 5) is 2.50. The molecule has 0 bridgehead atoms. The van der Waals surface area contributed by atoms with Crippen molar-refractivity contribution >= 4 is 5.69 Å². The number of aryl methyl sites for hydroxylation is 1. The second-order valence-electron chi connectivity index (χ2n) is 7.32. The van der Waals surface area contributed by atoms with E-state index in [1.165, 1.54) is 42.7 Å². The minimum atomic E-state index is 0.737. The van der Waals surface area contributed by atoms with Gasteiger partial charge in [-0.3, -0.25) is 0 Å². The molecule has 0 saturated carbocycles. The smallest absolute Gasteiger partial charge is 0.0400 e. The molecular formula is C21H26N2. The van der Waals surface area contributed by atoms with Crippen molar-refractivity contribution in [3.05, 3.63) is 64.7 Å². The van der Waals surface area contributed by atoms with Crippen LogP contribution < -0.4 is 5.32 Å². The lowest BCUT2D eigenvalue weighted by atomic mass is 9.86. The summed E-state index contributed by atoms with van der Waals surface area (Å²) >= 11 is 0. The molecule has 2 aliphatic rings. The molecule has 1 heterocycles. The first-order valence-corrected chi connectivity index (χ1v) is 8.80. The van der Waals surface area contributed by atoms with Crippen molar-refractivity contribution in [1.82, 2.24) is 4.90 Å². The maximum Gasteiger partial charge on any atom is 0.0400 e.